The molecule has 6 nitrogen and oxygen atoms in total. The van der Waals surface area contributed by atoms with E-state index in [0.717, 1.165) is 12.1 Å². The van der Waals surface area contributed by atoms with Crippen molar-refractivity contribution < 1.29 is 27.5 Å². The third-order valence-corrected chi connectivity index (χ3v) is 4.53. The number of carbonyl (C=O) groups excluding carboxylic acids is 2. The number of amides is 2. The zero-order valence-electron chi connectivity index (χ0n) is 15.1. The van der Waals surface area contributed by atoms with E-state index in [1.165, 1.54) is 35.2 Å². The molecule has 2 amide bonds. The van der Waals surface area contributed by atoms with Crippen LogP contribution < -0.4 is 10.1 Å². The first kappa shape index (κ1) is 20.2. The van der Waals surface area contributed by atoms with Crippen molar-refractivity contribution in [2.75, 3.05) is 18.4 Å². The molecule has 1 saturated heterocycles. The van der Waals surface area contributed by atoms with Gasteiger partial charge in [0.25, 0.3) is 5.91 Å². The predicted molar refractivity (Wildman–Crippen MR) is 96.8 cm³/mol. The summed E-state index contributed by atoms with van der Waals surface area (Å²) in [4.78, 5) is 26.5. The molecule has 29 heavy (non-hydrogen) atoms. The second kappa shape index (κ2) is 8.65. The van der Waals surface area contributed by atoms with Crippen LogP contribution in [0, 0.1) is 23.1 Å². The van der Waals surface area contributed by atoms with E-state index >= 15 is 0 Å². The van der Waals surface area contributed by atoms with Crippen LogP contribution in [0.25, 0.3) is 0 Å². The highest BCUT2D eigenvalue weighted by molar-refractivity contribution is 5.98. The number of nitrogens with one attached hydrogen (secondary N) is 1. The smallest absolute Gasteiger partial charge is 0.387 e. The van der Waals surface area contributed by atoms with Crippen LogP contribution in [0.1, 0.15) is 22.3 Å². The van der Waals surface area contributed by atoms with E-state index in [0.29, 0.717) is 18.7 Å². The van der Waals surface area contributed by atoms with Crippen LogP contribution in [0.2, 0.25) is 0 Å². The zero-order chi connectivity index (χ0) is 21.0. The number of likely N-dealkylation sites (tertiary alicyclic amines) is 1. The van der Waals surface area contributed by atoms with Gasteiger partial charge in [0.15, 0.2) is 0 Å². The van der Waals surface area contributed by atoms with Gasteiger partial charge in [-0.2, -0.15) is 14.0 Å². The van der Waals surface area contributed by atoms with E-state index in [1.54, 1.807) is 0 Å². The Kier molecular flexibility index (Phi) is 6.02. The Bertz CT molecular complexity index is 958. The van der Waals surface area contributed by atoms with Gasteiger partial charge in [-0.3, -0.25) is 9.59 Å². The van der Waals surface area contributed by atoms with E-state index < -0.39 is 24.3 Å². The number of nitrogens with zero attached hydrogens (tertiary/aromatic N) is 2. The number of nitriles is 1. The van der Waals surface area contributed by atoms with Crippen LogP contribution in [-0.4, -0.2) is 36.4 Å². The molecule has 0 saturated carbocycles. The average Bonchev–Trinajstić information content (AvgIpc) is 3.19. The normalized spacial score (nSPS) is 15.8. The van der Waals surface area contributed by atoms with Crippen LogP contribution >= 0.6 is 0 Å². The van der Waals surface area contributed by atoms with Gasteiger partial charge >= 0.3 is 6.61 Å². The molecule has 2 aromatic carbocycles. The highest BCUT2D eigenvalue weighted by Crippen LogP contribution is 2.23. The van der Waals surface area contributed by atoms with Crippen molar-refractivity contribution in [2.45, 2.75) is 13.0 Å². The van der Waals surface area contributed by atoms with Crippen molar-refractivity contribution >= 4 is 17.5 Å². The largest absolute Gasteiger partial charge is 0.435 e. The van der Waals surface area contributed by atoms with Gasteiger partial charge in [0.1, 0.15) is 11.6 Å². The quantitative estimate of drug-likeness (QED) is 0.830. The van der Waals surface area contributed by atoms with E-state index in [2.05, 4.69) is 10.1 Å². The Hall–Kier alpha value is -3.54. The summed E-state index contributed by atoms with van der Waals surface area (Å²) in [5.41, 5.74) is 0.428. The van der Waals surface area contributed by atoms with Gasteiger partial charge in [-0.05, 0) is 48.9 Å². The van der Waals surface area contributed by atoms with Crippen molar-refractivity contribution in [1.82, 2.24) is 4.90 Å². The molecule has 2 aromatic rings. The number of alkyl halides is 2. The fourth-order valence-corrected chi connectivity index (χ4v) is 3.08. The maximum absolute atomic E-state index is 13.5. The highest BCUT2D eigenvalue weighted by Gasteiger charge is 2.32. The van der Waals surface area contributed by atoms with Crippen molar-refractivity contribution in [3.63, 3.8) is 0 Å². The Balaban J connectivity index is 1.62. The summed E-state index contributed by atoms with van der Waals surface area (Å²) in [6, 6.07) is 10.7. The summed E-state index contributed by atoms with van der Waals surface area (Å²) >= 11 is 0. The van der Waals surface area contributed by atoms with Gasteiger partial charge in [-0.25, -0.2) is 4.39 Å². The van der Waals surface area contributed by atoms with E-state index in [1.807, 2.05) is 6.07 Å². The monoisotopic (exact) mass is 403 g/mol. The van der Waals surface area contributed by atoms with E-state index in [4.69, 9.17) is 5.26 Å². The lowest BCUT2D eigenvalue weighted by atomic mass is 10.1. The Morgan fingerprint density at radius 2 is 1.93 bits per heavy atom. The molecule has 1 fully saturated rings. The molecule has 0 radical (unpaired) electrons. The maximum atomic E-state index is 13.5. The van der Waals surface area contributed by atoms with Crippen molar-refractivity contribution in [1.29, 1.82) is 5.26 Å². The minimum absolute atomic E-state index is 0.0287. The predicted octanol–water partition coefficient (Wildman–Crippen LogP) is 3.40. The molecule has 1 atom stereocenters. The van der Waals surface area contributed by atoms with Crippen molar-refractivity contribution in [2.24, 2.45) is 5.92 Å². The minimum atomic E-state index is -2.93. The first-order valence-electron chi connectivity index (χ1n) is 8.72. The lowest BCUT2D eigenvalue weighted by Gasteiger charge is -2.17. The first-order chi connectivity index (χ1) is 13.9. The standard InChI is InChI=1S/C20H16F3N3O3/c21-14-2-1-12(10-24)17(9-14)19(28)26-8-7-13(11-26)18(27)25-15-3-5-16(6-4-15)29-20(22)23/h1-6,9,13,20H,7-8,11H2,(H,25,27)/t13-/m0/s1. The third kappa shape index (κ3) is 4.85. The molecule has 1 heterocycles. The average molecular weight is 403 g/mol. The third-order valence-electron chi connectivity index (χ3n) is 4.53. The Labute approximate surface area is 164 Å². The molecule has 3 rings (SSSR count). The molecule has 0 spiro atoms. The number of hydrogen-bond donors (Lipinski definition) is 1. The van der Waals surface area contributed by atoms with Crippen LogP contribution in [0.15, 0.2) is 42.5 Å². The molecule has 0 unspecified atom stereocenters. The molecule has 1 aliphatic heterocycles. The fourth-order valence-electron chi connectivity index (χ4n) is 3.08. The second-order valence-electron chi connectivity index (χ2n) is 6.43. The highest BCUT2D eigenvalue weighted by atomic mass is 19.3. The zero-order valence-corrected chi connectivity index (χ0v) is 15.1. The summed E-state index contributed by atoms with van der Waals surface area (Å²) in [5.74, 6) is -1.98. The van der Waals surface area contributed by atoms with Gasteiger partial charge in [0, 0.05) is 18.8 Å². The SMILES string of the molecule is N#Cc1ccc(F)cc1C(=O)N1CC[C@H](C(=O)Nc2ccc(OC(F)F)cc2)C1. The summed E-state index contributed by atoms with van der Waals surface area (Å²) in [5, 5.41) is 11.8. The van der Waals surface area contributed by atoms with Crippen molar-refractivity contribution in [3.05, 3.63) is 59.4 Å². The summed E-state index contributed by atoms with van der Waals surface area (Å²) in [6.07, 6.45) is 0.404. The fraction of sp³-hybridized carbons (Fsp3) is 0.250. The van der Waals surface area contributed by atoms with Gasteiger partial charge in [0.05, 0.1) is 23.1 Å². The van der Waals surface area contributed by atoms with Gasteiger partial charge < -0.3 is 15.0 Å². The Morgan fingerprint density at radius 3 is 2.59 bits per heavy atom. The van der Waals surface area contributed by atoms with Crippen molar-refractivity contribution in [3.8, 4) is 11.8 Å². The second-order valence-corrected chi connectivity index (χ2v) is 6.43. The molecule has 1 N–H and O–H groups in total. The molecular formula is C20H16F3N3O3. The summed E-state index contributed by atoms with van der Waals surface area (Å²) in [7, 11) is 0. The maximum Gasteiger partial charge on any atom is 0.387 e. The first-order valence-corrected chi connectivity index (χ1v) is 8.72. The molecule has 150 valence electrons. The number of halogens is 3. The summed E-state index contributed by atoms with van der Waals surface area (Å²) < 4.78 is 42.1. The lowest BCUT2D eigenvalue weighted by molar-refractivity contribution is -0.119. The summed E-state index contributed by atoms with van der Waals surface area (Å²) in [6.45, 7) is -2.52. The topological polar surface area (TPSA) is 82.4 Å². The molecule has 0 aliphatic carbocycles. The number of ether oxygens (including phenoxy) is 1. The number of rotatable bonds is 5. The molecule has 0 aromatic heterocycles. The van der Waals surface area contributed by atoms with Gasteiger partial charge in [-0.15, -0.1) is 0 Å². The Morgan fingerprint density at radius 1 is 1.21 bits per heavy atom. The molecule has 1 aliphatic rings. The number of hydrogen-bond acceptors (Lipinski definition) is 4. The van der Waals surface area contributed by atoms with Gasteiger partial charge in [0.2, 0.25) is 5.91 Å². The van der Waals surface area contributed by atoms with Crippen LogP contribution in [-0.2, 0) is 4.79 Å². The van der Waals surface area contributed by atoms with Gasteiger partial charge in [-0.1, -0.05) is 0 Å². The van der Waals surface area contributed by atoms with Crippen LogP contribution in [0.4, 0.5) is 18.9 Å². The number of carbonyl (C=O) groups is 2. The van der Waals surface area contributed by atoms with E-state index in [9.17, 15) is 22.8 Å². The lowest BCUT2D eigenvalue weighted by Crippen LogP contribution is -2.32. The number of benzene rings is 2. The molecule has 9 heteroatoms. The minimum Gasteiger partial charge on any atom is -0.435 e. The molecule has 0 bridgehead atoms. The van der Waals surface area contributed by atoms with Crippen LogP contribution in [0.5, 0.6) is 5.75 Å². The number of anilines is 1. The molecular weight excluding hydrogens is 387 g/mol. The van der Waals surface area contributed by atoms with Crippen LogP contribution in [0.3, 0.4) is 0 Å². The van der Waals surface area contributed by atoms with E-state index in [-0.39, 0.29) is 29.3 Å².